The predicted molar refractivity (Wildman–Crippen MR) is 127 cm³/mol. The summed E-state index contributed by atoms with van der Waals surface area (Å²) in [5.74, 6) is -1.16. The molecule has 32 heavy (non-hydrogen) atoms. The van der Waals surface area contributed by atoms with Gasteiger partial charge in [-0.05, 0) is 45.7 Å². The van der Waals surface area contributed by atoms with Gasteiger partial charge in [0, 0.05) is 24.7 Å². The second-order valence-electron chi connectivity index (χ2n) is 8.49. The Labute approximate surface area is 189 Å². The van der Waals surface area contributed by atoms with Crippen molar-refractivity contribution in [2.75, 3.05) is 6.54 Å². The van der Waals surface area contributed by atoms with E-state index in [2.05, 4.69) is 29.4 Å². The topological polar surface area (TPSA) is 73.2 Å². The van der Waals surface area contributed by atoms with E-state index in [1.807, 2.05) is 52.0 Å². The van der Waals surface area contributed by atoms with Crippen LogP contribution in [0.5, 0.6) is 0 Å². The first-order valence-corrected chi connectivity index (χ1v) is 10.9. The van der Waals surface area contributed by atoms with Crippen molar-refractivity contribution in [3.05, 3.63) is 82.2 Å². The molecule has 1 fully saturated rings. The Kier molecular flexibility index (Phi) is 7.13. The van der Waals surface area contributed by atoms with Crippen molar-refractivity contribution in [3.8, 4) is 0 Å². The van der Waals surface area contributed by atoms with Crippen LogP contribution in [-0.2, 0) is 9.59 Å². The summed E-state index contributed by atoms with van der Waals surface area (Å²) in [6, 6.07) is 16.1. The fourth-order valence-electron chi connectivity index (χ4n) is 4.37. The Morgan fingerprint density at radius 1 is 1.09 bits per heavy atom. The van der Waals surface area contributed by atoms with Gasteiger partial charge in [0.1, 0.15) is 0 Å². The average Bonchev–Trinajstić information content (AvgIpc) is 2.75. The molecule has 1 N–H and O–H groups in total. The van der Waals surface area contributed by atoms with Crippen molar-refractivity contribution in [2.45, 2.75) is 52.6 Å². The van der Waals surface area contributed by atoms with Gasteiger partial charge >= 0.3 is 0 Å². The minimum Gasteiger partial charge on any atom is -0.503 e. The van der Waals surface area contributed by atoms with Crippen molar-refractivity contribution in [3.63, 3.8) is 0 Å². The average molecular weight is 434 g/mol. The molecular weight excluding hydrogens is 402 g/mol. The lowest BCUT2D eigenvalue weighted by Gasteiger charge is -2.45. The highest BCUT2D eigenvalue weighted by Gasteiger charge is 2.43. The summed E-state index contributed by atoms with van der Waals surface area (Å²) in [6.45, 7) is 10.1. The van der Waals surface area contributed by atoms with Gasteiger partial charge in [0.2, 0.25) is 0 Å². The summed E-state index contributed by atoms with van der Waals surface area (Å²) >= 11 is 0. The van der Waals surface area contributed by atoms with Crippen LogP contribution < -0.4 is 0 Å². The Balaban J connectivity index is 2.28. The van der Waals surface area contributed by atoms with Crippen molar-refractivity contribution in [2.24, 2.45) is 5.10 Å². The molecule has 2 aromatic carbocycles. The molecule has 0 saturated carbocycles. The zero-order valence-corrected chi connectivity index (χ0v) is 19.3. The molecular formula is C26H31N3O3. The zero-order valence-electron chi connectivity index (χ0n) is 19.3. The number of aryl methyl sites for hydroxylation is 2. The largest absolute Gasteiger partial charge is 0.503 e. The van der Waals surface area contributed by atoms with Gasteiger partial charge in [-0.3, -0.25) is 14.6 Å². The molecule has 0 aromatic heterocycles. The molecule has 0 aliphatic carbocycles. The van der Waals surface area contributed by atoms with Crippen LogP contribution in [0.25, 0.3) is 0 Å². The number of hydrogen-bond donors (Lipinski definition) is 1. The highest BCUT2D eigenvalue weighted by molar-refractivity contribution is 5.98. The van der Waals surface area contributed by atoms with Gasteiger partial charge in [-0.2, -0.15) is 5.10 Å². The standard InChI is InChI=1S/C26H31N3O3/c1-6-27-29-22(15-28(17(2)3)26(32)25(29)23(31)16-30)24(20-11-7-9-18(4)13-20)21-12-8-10-19(5)14-21/h6-14,16-17,22,24,31H,15H2,1-5H3/b25-23+,27-6-. The van der Waals surface area contributed by atoms with Crippen molar-refractivity contribution < 1.29 is 14.7 Å². The normalized spacial score (nSPS) is 18.7. The van der Waals surface area contributed by atoms with Crippen LogP contribution in [-0.4, -0.2) is 52.1 Å². The first-order valence-electron chi connectivity index (χ1n) is 10.9. The van der Waals surface area contributed by atoms with Gasteiger partial charge in [0.05, 0.1) is 6.04 Å². The lowest BCUT2D eigenvalue weighted by Crippen LogP contribution is -2.57. The number of allylic oxidation sites excluding steroid dienone is 1. The highest BCUT2D eigenvalue weighted by Crippen LogP contribution is 2.37. The predicted octanol–water partition coefficient (Wildman–Crippen LogP) is 4.33. The number of amides is 1. The van der Waals surface area contributed by atoms with E-state index in [4.69, 9.17) is 0 Å². The van der Waals surface area contributed by atoms with Crippen LogP contribution in [0, 0.1) is 13.8 Å². The van der Waals surface area contributed by atoms with Crippen molar-refractivity contribution >= 4 is 18.4 Å². The first-order chi connectivity index (χ1) is 15.3. The fraction of sp³-hybridized carbons (Fsp3) is 0.346. The Bertz CT molecular complexity index is 1010. The van der Waals surface area contributed by atoms with Crippen LogP contribution in [0.15, 0.2) is 65.1 Å². The number of hydrogen-bond acceptors (Lipinski definition) is 5. The number of benzene rings is 2. The number of piperazine rings is 1. The second-order valence-corrected chi connectivity index (χ2v) is 8.49. The van der Waals surface area contributed by atoms with Crippen LogP contribution in [0.3, 0.4) is 0 Å². The number of hydrazone groups is 1. The number of nitrogens with zero attached hydrogens (tertiary/aromatic N) is 3. The smallest absolute Gasteiger partial charge is 0.276 e. The van der Waals surface area contributed by atoms with E-state index in [0.29, 0.717) is 12.8 Å². The van der Waals surface area contributed by atoms with E-state index < -0.39 is 11.7 Å². The number of aliphatic hydroxyl groups excluding tert-OH is 1. The molecule has 1 aliphatic heterocycles. The highest BCUT2D eigenvalue weighted by atomic mass is 16.3. The maximum absolute atomic E-state index is 13.2. The summed E-state index contributed by atoms with van der Waals surface area (Å²) in [4.78, 5) is 26.5. The van der Waals surface area contributed by atoms with Gasteiger partial charge in [0.25, 0.3) is 5.91 Å². The van der Waals surface area contributed by atoms with Crippen LogP contribution in [0.2, 0.25) is 0 Å². The first kappa shape index (κ1) is 23.3. The van der Waals surface area contributed by atoms with Gasteiger partial charge in [-0.1, -0.05) is 59.7 Å². The van der Waals surface area contributed by atoms with Crippen LogP contribution >= 0.6 is 0 Å². The minimum absolute atomic E-state index is 0.0895. The van der Waals surface area contributed by atoms with E-state index in [1.54, 1.807) is 18.0 Å². The van der Waals surface area contributed by atoms with Crippen LogP contribution in [0.4, 0.5) is 0 Å². The fourth-order valence-corrected chi connectivity index (χ4v) is 4.37. The Hall–Kier alpha value is -3.41. The number of carbonyl (C=O) groups is 2. The van der Waals surface area contributed by atoms with Gasteiger partial charge < -0.3 is 10.0 Å². The molecule has 1 amide bonds. The number of rotatable bonds is 6. The van der Waals surface area contributed by atoms with Crippen molar-refractivity contribution in [1.29, 1.82) is 0 Å². The summed E-state index contributed by atoms with van der Waals surface area (Å²) in [5.41, 5.74) is 4.34. The lowest BCUT2D eigenvalue weighted by atomic mass is 9.82. The van der Waals surface area contributed by atoms with E-state index in [-0.39, 0.29) is 23.7 Å². The van der Waals surface area contributed by atoms with E-state index in [9.17, 15) is 14.7 Å². The summed E-state index contributed by atoms with van der Waals surface area (Å²) in [6.07, 6.45) is 1.88. The minimum atomic E-state index is -0.608. The molecule has 1 saturated heterocycles. The van der Waals surface area contributed by atoms with Gasteiger partial charge in [0.15, 0.2) is 17.7 Å². The van der Waals surface area contributed by atoms with Gasteiger partial charge in [-0.15, -0.1) is 0 Å². The molecule has 1 atom stereocenters. The molecule has 3 rings (SSSR count). The van der Waals surface area contributed by atoms with Gasteiger partial charge in [-0.25, -0.2) is 0 Å². The third kappa shape index (κ3) is 4.59. The molecule has 1 unspecified atom stereocenters. The van der Waals surface area contributed by atoms with E-state index in [0.717, 1.165) is 22.3 Å². The second kappa shape index (κ2) is 9.81. The summed E-state index contributed by atoms with van der Waals surface area (Å²) in [7, 11) is 0. The van der Waals surface area contributed by atoms with Crippen LogP contribution in [0.1, 0.15) is 48.9 Å². The maximum Gasteiger partial charge on any atom is 0.276 e. The molecule has 0 bridgehead atoms. The molecule has 6 heteroatoms. The third-order valence-corrected chi connectivity index (χ3v) is 5.80. The Morgan fingerprint density at radius 2 is 1.66 bits per heavy atom. The molecule has 168 valence electrons. The molecule has 2 aromatic rings. The van der Waals surface area contributed by atoms with E-state index in [1.165, 1.54) is 5.01 Å². The molecule has 6 nitrogen and oxygen atoms in total. The molecule has 0 radical (unpaired) electrons. The molecule has 1 heterocycles. The summed E-state index contributed by atoms with van der Waals surface area (Å²) in [5, 5.41) is 16.4. The molecule has 1 aliphatic rings. The lowest BCUT2D eigenvalue weighted by molar-refractivity contribution is -0.136. The monoisotopic (exact) mass is 433 g/mol. The Morgan fingerprint density at radius 3 is 2.09 bits per heavy atom. The van der Waals surface area contributed by atoms with E-state index >= 15 is 0 Å². The molecule has 0 spiro atoms. The number of carbonyl (C=O) groups excluding carboxylic acids is 2. The summed E-state index contributed by atoms with van der Waals surface area (Å²) < 4.78 is 0. The number of aldehydes is 1. The SMILES string of the molecule is C/C=N\N1/C(=C(/O)C=O)C(=O)N(C(C)C)CC1C(c1cccc(C)c1)c1cccc(C)c1. The maximum atomic E-state index is 13.2. The zero-order chi connectivity index (χ0) is 23.4. The third-order valence-electron chi connectivity index (χ3n) is 5.80. The van der Waals surface area contributed by atoms with Crippen molar-refractivity contribution in [1.82, 2.24) is 9.91 Å². The quantitative estimate of drug-likeness (QED) is 0.318. The number of aliphatic hydroxyl groups is 1.